The lowest BCUT2D eigenvalue weighted by molar-refractivity contribution is 0.249. The molecule has 1 aromatic heterocycles. The lowest BCUT2D eigenvalue weighted by Gasteiger charge is -2.36. The van der Waals surface area contributed by atoms with Crippen molar-refractivity contribution in [3.8, 4) is 0 Å². The van der Waals surface area contributed by atoms with Crippen molar-refractivity contribution in [1.82, 2.24) is 9.88 Å². The van der Waals surface area contributed by atoms with E-state index in [-0.39, 0.29) is 0 Å². The van der Waals surface area contributed by atoms with E-state index in [1.54, 1.807) is 0 Å². The van der Waals surface area contributed by atoms with E-state index in [9.17, 15) is 0 Å². The van der Waals surface area contributed by atoms with Gasteiger partial charge in [0.2, 0.25) is 0 Å². The van der Waals surface area contributed by atoms with Gasteiger partial charge in [0.15, 0.2) is 0 Å². The van der Waals surface area contributed by atoms with Crippen LogP contribution < -0.4 is 4.90 Å². The van der Waals surface area contributed by atoms with Crippen molar-refractivity contribution in [2.75, 3.05) is 32.1 Å². The molecule has 4 heteroatoms. The van der Waals surface area contributed by atoms with Crippen LogP contribution in [0, 0.1) is 0 Å². The summed E-state index contributed by atoms with van der Waals surface area (Å²) in [4.78, 5) is 8.98. The summed E-state index contributed by atoms with van der Waals surface area (Å²) in [7, 11) is 4.33. The minimum absolute atomic E-state index is 0.488. The maximum absolute atomic E-state index is 5.81. The first-order chi connectivity index (χ1) is 8.20. The molecule has 3 nitrogen and oxygen atoms in total. The summed E-state index contributed by atoms with van der Waals surface area (Å²) in [6.07, 6.45) is 4.31. The molecule has 0 amide bonds. The molecule has 2 heterocycles. The van der Waals surface area contributed by atoms with Gasteiger partial charge in [-0.25, -0.2) is 0 Å². The maximum Gasteiger partial charge on any atom is 0.0648 e. The number of aromatic nitrogens is 1. The molecule has 0 radical (unpaired) electrons. The van der Waals surface area contributed by atoms with Crippen LogP contribution in [0.15, 0.2) is 18.3 Å². The Morgan fingerprint density at radius 2 is 2.12 bits per heavy atom. The van der Waals surface area contributed by atoms with Crippen LogP contribution in [0.4, 0.5) is 5.69 Å². The summed E-state index contributed by atoms with van der Waals surface area (Å²) in [5, 5.41) is 0. The Labute approximate surface area is 108 Å². The highest BCUT2D eigenvalue weighted by molar-refractivity contribution is 6.16. The molecule has 0 spiro atoms. The molecule has 0 aliphatic carbocycles. The van der Waals surface area contributed by atoms with Crippen LogP contribution in [-0.4, -0.2) is 43.1 Å². The van der Waals surface area contributed by atoms with E-state index < -0.39 is 0 Å². The summed E-state index contributed by atoms with van der Waals surface area (Å²) < 4.78 is 0. The number of nitrogens with zero attached hydrogens (tertiary/aromatic N) is 3. The molecule has 1 saturated heterocycles. The fraction of sp³-hybridized carbons (Fsp3) is 0.615. The molecule has 94 valence electrons. The van der Waals surface area contributed by atoms with Crippen molar-refractivity contribution in [2.24, 2.45) is 0 Å². The lowest BCUT2D eigenvalue weighted by Crippen LogP contribution is -2.42. The van der Waals surface area contributed by atoms with Gasteiger partial charge in [0.05, 0.1) is 11.6 Å². The zero-order valence-electron chi connectivity index (χ0n) is 10.6. The number of anilines is 1. The topological polar surface area (TPSA) is 19.4 Å². The first-order valence-corrected chi connectivity index (χ1v) is 6.66. The van der Waals surface area contributed by atoms with E-state index in [4.69, 9.17) is 11.6 Å². The molecule has 0 atom stereocenters. The molecule has 1 aliphatic rings. The number of hydrogen-bond acceptors (Lipinski definition) is 3. The first kappa shape index (κ1) is 12.7. The standard InChI is InChI=1S/C13H20ClN3/c1-16(2)12-4-7-17(8-5-12)13-3-6-15-11(9-13)10-14/h3,6,9,12H,4-5,7-8,10H2,1-2H3. The highest BCUT2D eigenvalue weighted by atomic mass is 35.5. The zero-order valence-corrected chi connectivity index (χ0v) is 11.3. The fourth-order valence-corrected chi connectivity index (χ4v) is 2.52. The number of hydrogen-bond donors (Lipinski definition) is 0. The lowest BCUT2D eigenvalue weighted by atomic mass is 10.0. The predicted molar refractivity (Wildman–Crippen MR) is 72.7 cm³/mol. The Kier molecular flexibility index (Phi) is 4.24. The minimum atomic E-state index is 0.488. The quantitative estimate of drug-likeness (QED) is 0.771. The van der Waals surface area contributed by atoms with Crippen molar-refractivity contribution < 1.29 is 0 Å². The number of halogens is 1. The van der Waals surface area contributed by atoms with Crippen LogP contribution in [0.3, 0.4) is 0 Å². The molecule has 0 N–H and O–H groups in total. The van der Waals surface area contributed by atoms with Crippen LogP contribution in [-0.2, 0) is 5.88 Å². The molecule has 1 fully saturated rings. The normalized spacial score (nSPS) is 17.8. The van der Waals surface area contributed by atoms with Gasteiger partial charge in [0.25, 0.3) is 0 Å². The molecular weight excluding hydrogens is 234 g/mol. The van der Waals surface area contributed by atoms with E-state index in [2.05, 4.69) is 41.0 Å². The Bertz CT molecular complexity index is 359. The molecule has 0 unspecified atom stereocenters. The van der Waals surface area contributed by atoms with E-state index in [0.29, 0.717) is 5.88 Å². The van der Waals surface area contributed by atoms with Gasteiger partial charge in [0.1, 0.15) is 0 Å². The van der Waals surface area contributed by atoms with Crippen molar-refractivity contribution >= 4 is 17.3 Å². The monoisotopic (exact) mass is 253 g/mol. The average molecular weight is 254 g/mol. The van der Waals surface area contributed by atoms with Crippen LogP contribution in [0.2, 0.25) is 0 Å². The van der Waals surface area contributed by atoms with Crippen molar-refractivity contribution in [1.29, 1.82) is 0 Å². The van der Waals surface area contributed by atoms with Crippen LogP contribution in [0.25, 0.3) is 0 Å². The molecular formula is C13H20ClN3. The van der Waals surface area contributed by atoms with Gasteiger partial charge in [-0.2, -0.15) is 0 Å². The second kappa shape index (κ2) is 5.69. The third-order valence-electron chi connectivity index (χ3n) is 3.50. The third kappa shape index (κ3) is 3.11. The largest absolute Gasteiger partial charge is 0.371 e. The summed E-state index contributed by atoms with van der Waals surface area (Å²) in [5.41, 5.74) is 2.21. The molecule has 1 aliphatic heterocycles. The van der Waals surface area contributed by atoms with E-state index in [0.717, 1.165) is 24.8 Å². The number of pyridine rings is 1. The van der Waals surface area contributed by atoms with Gasteiger partial charge in [-0.1, -0.05) is 0 Å². The third-order valence-corrected chi connectivity index (χ3v) is 3.77. The highest BCUT2D eigenvalue weighted by Crippen LogP contribution is 2.22. The van der Waals surface area contributed by atoms with Crippen LogP contribution in [0.5, 0.6) is 0 Å². The Morgan fingerprint density at radius 1 is 1.41 bits per heavy atom. The second-order valence-corrected chi connectivity index (χ2v) is 5.09. The Balaban J connectivity index is 2.00. The van der Waals surface area contributed by atoms with Gasteiger partial charge in [-0.15, -0.1) is 11.6 Å². The Hall–Kier alpha value is -0.800. The maximum atomic E-state index is 5.81. The van der Waals surface area contributed by atoms with E-state index in [1.165, 1.54) is 18.5 Å². The first-order valence-electron chi connectivity index (χ1n) is 6.13. The van der Waals surface area contributed by atoms with Crippen molar-refractivity contribution in [3.05, 3.63) is 24.0 Å². The second-order valence-electron chi connectivity index (χ2n) is 4.82. The molecule has 0 aromatic carbocycles. The SMILES string of the molecule is CN(C)C1CCN(c2ccnc(CCl)c2)CC1. The summed E-state index contributed by atoms with van der Waals surface area (Å²) in [5.74, 6) is 0.488. The minimum Gasteiger partial charge on any atom is -0.371 e. The van der Waals surface area contributed by atoms with Crippen LogP contribution >= 0.6 is 11.6 Å². The van der Waals surface area contributed by atoms with Gasteiger partial charge in [0, 0.05) is 31.0 Å². The highest BCUT2D eigenvalue weighted by Gasteiger charge is 2.20. The molecule has 17 heavy (non-hydrogen) atoms. The van der Waals surface area contributed by atoms with Gasteiger partial charge >= 0.3 is 0 Å². The summed E-state index contributed by atoms with van der Waals surface area (Å²) >= 11 is 5.81. The van der Waals surface area contributed by atoms with Crippen molar-refractivity contribution in [2.45, 2.75) is 24.8 Å². The fourth-order valence-electron chi connectivity index (χ4n) is 2.38. The molecule has 0 saturated carbocycles. The molecule has 0 bridgehead atoms. The number of alkyl halides is 1. The van der Waals surface area contributed by atoms with Crippen molar-refractivity contribution in [3.63, 3.8) is 0 Å². The summed E-state index contributed by atoms with van der Waals surface area (Å²) in [6, 6.07) is 4.90. The summed E-state index contributed by atoms with van der Waals surface area (Å²) in [6.45, 7) is 2.24. The van der Waals surface area contributed by atoms with Gasteiger partial charge in [-0.3, -0.25) is 4.98 Å². The Morgan fingerprint density at radius 3 is 2.71 bits per heavy atom. The zero-order chi connectivity index (χ0) is 12.3. The smallest absolute Gasteiger partial charge is 0.0648 e. The molecule has 2 rings (SSSR count). The predicted octanol–water partition coefficient (Wildman–Crippen LogP) is 2.35. The van der Waals surface area contributed by atoms with Gasteiger partial charge < -0.3 is 9.80 Å². The molecule has 1 aromatic rings. The average Bonchev–Trinajstić information content (AvgIpc) is 2.39. The number of piperidine rings is 1. The number of rotatable bonds is 3. The van der Waals surface area contributed by atoms with Crippen LogP contribution in [0.1, 0.15) is 18.5 Å². The van der Waals surface area contributed by atoms with Gasteiger partial charge in [-0.05, 0) is 39.1 Å². The van der Waals surface area contributed by atoms with E-state index in [1.807, 2.05) is 6.20 Å². The van der Waals surface area contributed by atoms with E-state index >= 15 is 0 Å².